The van der Waals surface area contributed by atoms with E-state index >= 15 is 0 Å². The Labute approximate surface area is 152 Å². The molecule has 2 rings (SSSR count). The molecule has 0 bridgehead atoms. The van der Waals surface area contributed by atoms with Crippen LogP contribution in [0.1, 0.15) is 6.42 Å². The third-order valence-electron chi connectivity index (χ3n) is 3.79. The molecule has 0 atom stereocenters. The van der Waals surface area contributed by atoms with Gasteiger partial charge in [0.2, 0.25) is 15.9 Å². The van der Waals surface area contributed by atoms with Gasteiger partial charge in [-0.25, -0.2) is 8.42 Å². The molecule has 1 aromatic carbocycles. The lowest BCUT2D eigenvalue weighted by Crippen LogP contribution is -2.42. The first kappa shape index (κ1) is 21.3. The van der Waals surface area contributed by atoms with Crippen molar-refractivity contribution in [3.05, 3.63) is 34.4 Å². The summed E-state index contributed by atoms with van der Waals surface area (Å²) in [6.07, 6.45) is 0.813. The van der Waals surface area contributed by atoms with Crippen LogP contribution < -0.4 is 5.32 Å². The number of nitrogens with one attached hydrogen (secondary N) is 1. The van der Waals surface area contributed by atoms with E-state index in [4.69, 9.17) is 0 Å². The van der Waals surface area contributed by atoms with Gasteiger partial charge >= 0.3 is 0 Å². The minimum Gasteiger partial charge on any atom is -0.340 e. The van der Waals surface area contributed by atoms with Crippen LogP contribution in [0, 0.1) is 10.1 Å². The highest BCUT2D eigenvalue weighted by Crippen LogP contribution is 2.20. The average Bonchev–Trinajstić information content (AvgIpc) is 2.84. The maximum absolute atomic E-state index is 12.5. The summed E-state index contributed by atoms with van der Waals surface area (Å²) in [5, 5.41) is 14.0. The van der Waals surface area contributed by atoms with Gasteiger partial charge in [-0.2, -0.15) is 4.31 Å². The molecule has 25 heavy (non-hydrogen) atoms. The first-order valence-corrected chi connectivity index (χ1v) is 8.95. The standard InChI is InChI=1S/C14H20N4O5S.ClH/c1-16(11-14(19)17-8-3-6-15-7-9-17)24(22,23)13-5-2-4-12(10-13)18(20)21;/h2,4-5,10,15H,3,6-9,11H2,1H3;1H. The smallest absolute Gasteiger partial charge is 0.270 e. The normalized spacial score (nSPS) is 15.4. The van der Waals surface area contributed by atoms with Gasteiger partial charge in [-0.05, 0) is 19.0 Å². The van der Waals surface area contributed by atoms with Gasteiger partial charge < -0.3 is 10.2 Å². The predicted molar refractivity (Wildman–Crippen MR) is 94.2 cm³/mol. The van der Waals surface area contributed by atoms with E-state index in [1.165, 1.54) is 25.2 Å². The van der Waals surface area contributed by atoms with Crippen molar-refractivity contribution in [2.45, 2.75) is 11.3 Å². The summed E-state index contributed by atoms with van der Waals surface area (Å²) in [5.74, 6) is -0.282. The van der Waals surface area contributed by atoms with Crippen LogP contribution in [0.3, 0.4) is 0 Å². The van der Waals surface area contributed by atoms with E-state index in [9.17, 15) is 23.3 Å². The van der Waals surface area contributed by atoms with Crippen LogP contribution in [0.5, 0.6) is 0 Å². The summed E-state index contributed by atoms with van der Waals surface area (Å²) in [5.41, 5.74) is -0.311. The van der Waals surface area contributed by atoms with Crippen LogP contribution >= 0.6 is 12.4 Å². The fourth-order valence-corrected chi connectivity index (χ4v) is 3.57. The zero-order chi connectivity index (χ0) is 17.7. The highest BCUT2D eigenvalue weighted by atomic mass is 35.5. The molecule has 1 heterocycles. The Balaban J connectivity index is 0.00000312. The van der Waals surface area contributed by atoms with E-state index in [1.54, 1.807) is 4.90 Å². The van der Waals surface area contributed by atoms with Crippen LogP contribution in [0.15, 0.2) is 29.2 Å². The Kier molecular flexibility index (Phi) is 7.74. The lowest BCUT2D eigenvalue weighted by atomic mass is 10.3. The number of nitro groups is 1. The molecular formula is C14H21ClN4O5S. The number of nitrogens with zero attached hydrogens (tertiary/aromatic N) is 3. The van der Waals surface area contributed by atoms with Crippen molar-refractivity contribution >= 4 is 34.0 Å². The number of carbonyl (C=O) groups is 1. The monoisotopic (exact) mass is 392 g/mol. The van der Waals surface area contributed by atoms with Crippen LogP contribution in [0.25, 0.3) is 0 Å². The molecule has 0 aliphatic carbocycles. The first-order valence-electron chi connectivity index (χ1n) is 7.51. The van der Waals surface area contributed by atoms with Gasteiger partial charge in [0.1, 0.15) is 0 Å². The summed E-state index contributed by atoms with van der Waals surface area (Å²) >= 11 is 0. The maximum Gasteiger partial charge on any atom is 0.270 e. The van der Waals surface area contributed by atoms with Gasteiger partial charge in [0.05, 0.1) is 16.4 Å². The lowest BCUT2D eigenvalue weighted by molar-refractivity contribution is -0.385. The molecule has 1 amide bonds. The largest absolute Gasteiger partial charge is 0.340 e. The Morgan fingerprint density at radius 1 is 1.36 bits per heavy atom. The Morgan fingerprint density at radius 2 is 2.08 bits per heavy atom. The number of hydrogen-bond donors (Lipinski definition) is 1. The van der Waals surface area contributed by atoms with Gasteiger partial charge in [0.25, 0.3) is 5.69 Å². The average molecular weight is 393 g/mol. The predicted octanol–water partition coefficient (Wildman–Crippen LogP) is 0.459. The number of benzene rings is 1. The molecule has 1 saturated heterocycles. The Morgan fingerprint density at radius 3 is 2.76 bits per heavy atom. The van der Waals surface area contributed by atoms with Gasteiger partial charge in [0, 0.05) is 38.8 Å². The molecule has 0 aromatic heterocycles. The SMILES string of the molecule is CN(CC(=O)N1CCCNCC1)S(=O)(=O)c1cccc([N+](=O)[O-])c1.Cl. The summed E-state index contributed by atoms with van der Waals surface area (Å²) < 4.78 is 26.0. The molecule has 11 heteroatoms. The molecular weight excluding hydrogens is 372 g/mol. The van der Waals surface area contributed by atoms with Crippen molar-refractivity contribution in [2.75, 3.05) is 39.8 Å². The fourth-order valence-electron chi connectivity index (χ4n) is 2.41. The highest BCUT2D eigenvalue weighted by molar-refractivity contribution is 7.89. The molecule has 9 nitrogen and oxygen atoms in total. The van der Waals surface area contributed by atoms with Crippen molar-refractivity contribution in [1.82, 2.24) is 14.5 Å². The third-order valence-corrected chi connectivity index (χ3v) is 5.59. The third kappa shape index (κ3) is 5.36. The second-order valence-electron chi connectivity index (χ2n) is 5.50. The zero-order valence-electron chi connectivity index (χ0n) is 13.8. The number of nitro benzene ring substituents is 1. The second kappa shape index (κ2) is 9.09. The molecule has 1 N–H and O–H groups in total. The molecule has 140 valence electrons. The van der Waals surface area contributed by atoms with E-state index < -0.39 is 14.9 Å². The summed E-state index contributed by atoms with van der Waals surface area (Å²) in [7, 11) is -2.68. The van der Waals surface area contributed by atoms with Gasteiger partial charge in [-0.1, -0.05) is 6.07 Å². The van der Waals surface area contributed by atoms with Crippen molar-refractivity contribution in [3.63, 3.8) is 0 Å². The van der Waals surface area contributed by atoms with Gasteiger partial charge in [0.15, 0.2) is 0 Å². The molecule has 0 radical (unpaired) electrons. The van der Waals surface area contributed by atoms with Crippen molar-refractivity contribution in [1.29, 1.82) is 0 Å². The molecule has 0 unspecified atom stereocenters. The summed E-state index contributed by atoms with van der Waals surface area (Å²) in [6.45, 7) is 2.31. The van der Waals surface area contributed by atoms with E-state index in [1.807, 2.05) is 0 Å². The number of rotatable bonds is 5. The lowest BCUT2D eigenvalue weighted by Gasteiger charge is -2.23. The zero-order valence-corrected chi connectivity index (χ0v) is 15.4. The number of hydrogen-bond acceptors (Lipinski definition) is 6. The maximum atomic E-state index is 12.5. The summed E-state index contributed by atoms with van der Waals surface area (Å²) in [4.78, 5) is 23.9. The van der Waals surface area contributed by atoms with Crippen LogP contribution in [-0.4, -0.2) is 68.2 Å². The number of likely N-dealkylation sites (N-methyl/N-ethyl adjacent to an activating group) is 1. The first-order chi connectivity index (χ1) is 11.3. The van der Waals surface area contributed by atoms with Gasteiger partial charge in [-0.3, -0.25) is 14.9 Å². The van der Waals surface area contributed by atoms with E-state index in [0.29, 0.717) is 19.6 Å². The quantitative estimate of drug-likeness (QED) is 0.575. The highest BCUT2D eigenvalue weighted by Gasteiger charge is 2.26. The Hall–Kier alpha value is -1.75. The molecule has 1 aliphatic heterocycles. The molecule has 0 saturated carbocycles. The molecule has 1 aromatic rings. The minimum atomic E-state index is -3.97. The number of carbonyl (C=O) groups excluding carboxylic acids is 1. The number of halogens is 1. The Bertz CT molecular complexity index is 720. The summed E-state index contributed by atoms with van der Waals surface area (Å²) in [6, 6.07) is 4.79. The van der Waals surface area contributed by atoms with Crippen molar-refractivity contribution in [3.8, 4) is 0 Å². The topological polar surface area (TPSA) is 113 Å². The van der Waals surface area contributed by atoms with E-state index in [-0.39, 0.29) is 35.4 Å². The number of sulfonamides is 1. The fraction of sp³-hybridized carbons (Fsp3) is 0.500. The van der Waals surface area contributed by atoms with E-state index in [2.05, 4.69) is 5.32 Å². The van der Waals surface area contributed by atoms with E-state index in [0.717, 1.165) is 23.3 Å². The van der Waals surface area contributed by atoms with Crippen LogP contribution in [-0.2, 0) is 14.8 Å². The number of amides is 1. The van der Waals surface area contributed by atoms with Crippen molar-refractivity contribution in [2.24, 2.45) is 0 Å². The van der Waals surface area contributed by atoms with Crippen molar-refractivity contribution < 1.29 is 18.1 Å². The second-order valence-corrected chi connectivity index (χ2v) is 7.54. The molecule has 1 aliphatic rings. The van der Waals surface area contributed by atoms with Gasteiger partial charge in [-0.15, -0.1) is 12.4 Å². The molecule has 1 fully saturated rings. The number of non-ortho nitro benzene ring substituents is 1. The van der Waals surface area contributed by atoms with Crippen LogP contribution in [0.2, 0.25) is 0 Å². The minimum absolute atomic E-state index is 0. The molecule has 0 spiro atoms. The van der Waals surface area contributed by atoms with Crippen LogP contribution in [0.4, 0.5) is 5.69 Å².